The summed E-state index contributed by atoms with van der Waals surface area (Å²) in [6, 6.07) is 8.29. The van der Waals surface area contributed by atoms with Crippen LogP contribution in [-0.4, -0.2) is 67.1 Å². The molecule has 1 atom stereocenters. The maximum absolute atomic E-state index is 13.8. The van der Waals surface area contributed by atoms with E-state index < -0.39 is 24.0 Å². The van der Waals surface area contributed by atoms with Crippen molar-refractivity contribution in [2.45, 2.75) is 50.7 Å². The van der Waals surface area contributed by atoms with Crippen molar-refractivity contribution >= 4 is 12.1 Å². The molecule has 0 unspecified atom stereocenters. The van der Waals surface area contributed by atoms with Gasteiger partial charge >= 0.3 is 12.1 Å². The van der Waals surface area contributed by atoms with Crippen LogP contribution >= 0.6 is 0 Å². The highest BCUT2D eigenvalue weighted by molar-refractivity contribution is 5.81. The summed E-state index contributed by atoms with van der Waals surface area (Å²) in [5, 5.41) is 0. The van der Waals surface area contributed by atoms with Gasteiger partial charge in [0.05, 0.1) is 6.54 Å². The molecule has 6 nitrogen and oxygen atoms in total. The lowest BCUT2D eigenvalue weighted by atomic mass is 10.1. The number of benzene rings is 1. The third kappa shape index (κ3) is 7.96. The summed E-state index contributed by atoms with van der Waals surface area (Å²) in [7, 11) is 1.48. The number of likely N-dealkylation sites (N-methyl/N-ethyl adjacent to an activating group) is 1. The van der Waals surface area contributed by atoms with E-state index >= 15 is 0 Å². The molecule has 1 amide bonds. The smallest absolute Gasteiger partial charge is 0.410 e. The number of ether oxygens (including phenoxy) is 2. The van der Waals surface area contributed by atoms with E-state index in [2.05, 4.69) is 0 Å². The Kier molecular flexibility index (Phi) is 9.00. The topological polar surface area (TPSA) is 59.1 Å². The highest BCUT2D eigenvalue weighted by Crippen LogP contribution is 2.27. The Morgan fingerprint density at radius 3 is 2.64 bits per heavy atom. The van der Waals surface area contributed by atoms with E-state index in [0.29, 0.717) is 13.0 Å². The third-order valence-electron chi connectivity index (χ3n) is 5.88. The zero-order valence-corrected chi connectivity index (χ0v) is 19.1. The van der Waals surface area contributed by atoms with E-state index in [0.717, 1.165) is 24.0 Å². The predicted octanol–water partition coefficient (Wildman–Crippen LogP) is 4.56. The molecule has 1 aliphatic carbocycles. The highest BCUT2D eigenvalue weighted by atomic mass is 19.3. The van der Waals surface area contributed by atoms with E-state index in [-0.39, 0.29) is 39.1 Å². The number of allylic oxidation sites excluding steroid dienone is 2. The van der Waals surface area contributed by atoms with E-state index in [1.165, 1.54) is 11.9 Å². The van der Waals surface area contributed by atoms with Gasteiger partial charge < -0.3 is 9.47 Å². The zero-order valence-electron chi connectivity index (χ0n) is 19.1. The fourth-order valence-corrected chi connectivity index (χ4v) is 3.99. The molecule has 0 aromatic heterocycles. The number of esters is 1. The molecule has 0 saturated carbocycles. The first-order valence-electron chi connectivity index (χ1n) is 11.4. The molecule has 0 N–H and O–H groups in total. The highest BCUT2D eigenvalue weighted by Gasteiger charge is 2.36. The summed E-state index contributed by atoms with van der Waals surface area (Å²) in [5.41, 5.74) is 1.73. The number of halogens is 2. The minimum absolute atomic E-state index is 0.0712. The number of rotatable bonds is 9. The van der Waals surface area contributed by atoms with Gasteiger partial charge in [-0.1, -0.05) is 48.6 Å². The number of nitrogens with zero attached hydrogens (tertiary/aromatic N) is 2. The summed E-state index contributed by atoms with van der Waals surface area (Å²) in [5.74, 6) is -3.30. The van der Waals surface area contributed by atoms with Gasteiger partial charge in [-0.2, -0.15) is 0 Å². The van der Waals surface area contributed by atoms with Crippen molar-refractivity contribution in [3.05, 3.63) is 59.7 Å². The molecule has 1 aromatic carbocycles. The molecule has 33 heavy (non-hydrogen) atoms. The molecule has 0 bridgehead atoms. The Morgan fingerprint density at radius 2 is 1.94 bits per heavy atom. The molecule has 1 aliphatic heterocycles. The Labute approximate surface area is 193 Å². The Morgan fingerprint density at radius 1 is 1.15 bits per heavy atom. The van der Waals surface area contributed by atoms with Gasteiger partial charge in [-0.25, -0.2) is 18.4 Å². The second-order valence-electron chi connectivity index (χ2n) is 8.56. The average Bonchev–Trinajstić information content (AvgIpc) is 2.82. The second kappa shape index (κ2) is 11.9. The van der Waals surface area contributed by atoms with Crippen molar-refractivity contribution in [2.75, 3.05) is 33.3 Å². The molecule has 8 heteroatoms. The zero-order chi connectivity index (χ0) is 23.7. The van der Waals surface area contributed by atoms with Crippen LogP contribution in [0.5, 0.6) is 0 Å². The summed E-state index contributed by atoms with van der Waals surface area (Å²) >= 11 is 0. The van der Waals surface area contributed by atoms with Crippen molar-refractivity contribution in [1.82, 2.24) is 9.80 Å². The van der Waals surface area contributed by atoms with Crippen LogP contribution in [0.4, 0.5) is 13.6 Å². The molecule has 0 radical (unpaired) electrons. The van der Waals surface area contributed by atoms with Crippen molar-refractivity contribution in [3.63, 3.8) is 0 Å². The summed E-state index contributed by atoms with van der Waals surface area (Å²) < 4.78 is 38.4. The van der Waals surface area contributed by atoms with Crippen molar-refractivity contribution < 1.29 is 27.8 Å². The van der Waals surface area contributed by atoms with Crippen LogP contribution in [0.25, 0.3) is 0 Å². The monoisotopic (exact) mass is 462 g/mol. The van der Waals surface area contributed by atoms with Gasteiger partial charge in [0.25, 0.3) is 5.92 Å². The summed E-state index contributed by atoms with van der Waals surface area (Å²) in [6.45, 7) is 0.641. The van der Waals surface area contributed by atoms with Gasteiger partial charge in [-0.15, -0.1) is 0 Å². The fraction of sp³-hybridized carbons (Fsp3) is 0.520. The maximum atomic E-state index is 13.8. The lowest BCUT2D eigenvalue weighted by molar-refractivity contribution is -0.148. The van der Waals surface area contributed by atoms with Crippen molar-refractivity contribution in [1.29, 1.82) is 0 Å². The number of carbonyl (C=O) groups is 2. The number of piperidine rings is 1. The lowest BCUT2D eigenvalue weighted by Gasteiger charge is -2.34. The van der Waals surface area contributed by atoms with Crippen LogP contribution in [-0.2, 0) is 20.9 Å². The minimum Gasteiger partial charge on any atom is -0.459 e. The number of hydrogen-bond acceptors (Lipinski definition) is 5. The molecule has 1 aromatic rings. The molecule has 0 spiro atoms. The first-order chi connectivity index (χ1) is 15.8. The number of alkyl halides is 2. The first-order valence-corrected chi connectivity index (χ1v) is 11.4. The van der Waals surface area contributed by atoms with E-state index in [9.17, 15) is 18.4 Å². The molecule has 1 fully saturated rings. The van der Waals surface area contributed by atoms with Crippen LogP contribution in [0.15, 0.2) is 54.1 Å². The Balaban J connectivity index is 1.61. The Bertz CT molecular complexity index is 857. The molecule has 180 valence electrons. The van der Waals surface area contributed by atoms with Gasteiger partial charge in [-0.05, 0) is 43.4 Å². The van der Waals surface area contributed by atoms with E-state index in [1.807, 2.05) is 48.6 Å². The van der Waals surface area contributed by atoms with Gasteiger partial charge in [0, 0.05) is 20.0 Å². The van der Waals surface area contributed by atoms with Gasteiger partial charge in [-0.3, -0.25) is 9.80 Å². The molecule has 1 saturated heterocycles. The first kappa shape index (κ1) is 24.9. The summed E-state index contributed by atoms with van der Waals surface area (Å²) in [6.07, 6.45) is 7.58. The second-order valence-corrected chi connectivity index (χ2v) is 8.56. The van der Waals surface area contributed by atoms with Crippen LogP contribution < -0.4 is 0 Å². The molecule has 2 aliphatic rings. The molecule has 3 rings (SSSR count). The largest absolute Gasteiger partial charge is 0.459 e. The summed E-state index contributed by atoms with van der Waals surface area (Å²) in [4.78, 5) is 28.4. The van der Waals surface area contributed by atoms with Crippen LogP contribution in [0.1, 0.15) is 37.7 Å². The SMILES string of the molecule is CN(C(=O)OCc1ccccc1)[C@@H](CCN1CCCC(F)(F)C1)C(=O)OCC1=CCCC=C1. The van der Waals surface area contributed by atoms with E-state index in [4.69, 9.17) is 9.47 Å². The molecule has 1 heterocycles. The molecular formula is C25H32F2N2O4. The Hall–Kier alpha value is -2.74. The fourth-order valence-electron chi connectivity index (χ4n) is 3.99. The normalized spacial score (nSPS) is 18.8. The maximum Gasteiger partial charge on any atom is 0.410 e. The van der Waals surface area contributed by atoms with Crippen LogP contribution in [0.2, 0.25) is 0 Å². The van der Waals surface area contributed by atoms with Crippen LogP contribution in [0.3, 0.4) is 0 Å². The predicted molar refractivity (Wildman–Crippen MR) is 121 cm³/mol. The number of amides is 1. The average molecular weight is 463 g/mol. The third-order valence-corrected chi connectivity index (χ3v) is 5.88. The van der Waals surface area contributed by atoms with Gasteiger partial charge in [0.2, 0.25) is 0 Å². The minimum atomic E-state index is -2.73. The van der Waals surface area contributed by atoms with Crippen LogP contribution in [0, 0.1) is 0 Å². The number of carbonyl (C=O) groups excluding carboxylic acids is 2. The lowest BCUT2D eigenvalue weighted by Crippen LogP contribution is -2.48. The molecular weight excluding hydrogens is 430 g/mol. The van der Waals surface area contributed by atoms with Gasteiger partial charge in [0.15, 0.2) is 0 Å². The number of hydrogen-bond donors (Lipinski definition) is 0. The van der Waals surface area contributed by atoms with Crippen molar-refractivity contribution in [2.24, 2.45) is 0 Å². The van der Waals surface area contributed by atoms with E-state index in [1.54, 1.807) is 4.90 Å². The van der Waals surface area contributed by atoms with Crippen molar-refractivity contribution in [3.8, 4) is 0 Å². The van der Waals surface area contributed by atoms with Gasteiger partial charge in [0.1, 0.15) is 19.3 Å². The quantitative estimate of drug-likeness (QED) is 0.504. The standard InChI is InChI=1S/C25H32F2N2O4/c1-28(24(31)33-18-21-11-6-3-7-12-21)22(13-16-29-15-8-14-25(26,27)19-29)23(30)32-17-20-9-4-2-5-10-20/h3-4,6-7,9-12,22H,2,5,8,13-19H2,1H3/t22-/m0/s1. The number of likely N-dealkylation sites (tertiary alicyclic amines) is 1.